The zero-order valence-corrected chi connectivity index (χ0v) is 17.2. The van der Waals surface area contributed by atoms with Crippen molar-refractivity contribution in [1.29, 1.82) is 0 Å². The van der Waals surface area contributed by atoms with Crippen molar-refractivity contribution >= 4 is 88.4 Å². The molecule has 30 heavy (non-hydrogen) atoms. The van der Waals surface area contributed by atoms with Gasteiger partial charge in [0.05, 0.1) is 10.0 Å². The van der Waals surface area contributed by atoms with E-state index < -0.39 is 0 Å². The van der Waals surface area contributed by atoms with Gasteiger partial charge in [0, 0.05) is 54.4 Å². The van der Waals surface area contributed by atoms with Gasteiger partial charge in [0.15, 0.2) is 0 Å². The minimum atomic E-state index is 0.765. The molecule has 0 fully saturated rings. The Bertz CT molecular complexity index is 1690. The lowest BCUT2D eigenvalue weighted by molar-refractivity contribution is 1.54. The molecule has 0 aliphatic carbocycles. The quantitative estimate of drug-likeness (QED) is 0.244. The van der Waals surface area contributed by atoms with Crippen LogP contribution in [0.3, 0.4) is 0 Å². The molecule has 0 saturated carbocycles. The molecule has 0 radical (unpaired) electrons. The monoisotopic (exact) mass is 424 g/mol. The van der Waals surface area contributed by atoms with Crippen molar-refractivity contribution in [3.63, 3.8) is 0 Å². The van der Waals surface area contributed by atoms with Gasteiger partial charge < -0.3 is 9.97 Å². The molecule has 0 aliphatic rings. The van der Waals surface area contributed by atoms with Crippen molar-refractivity contribution in [3.8, 4) is 0 Å². The number of hydrogen-bond acceptors (Lipinski definition) is 0. The van der Waals surface area contributed by atoms with Crippen LogP contribution in [0.2, 0.25) is 10.0 Å². The summed E-state index contributed by atoms with van der Waals surface area (Å²) in [6.07, 6.45) is 0. The van der Waals surface area contributed by atoms with E-state index in [1.54, 1.807) is 0 Å². The Labute approximate surface area is 181 Å². The molecule has 0 aliphatic heterocycles. The smallest absolute Gasteiger partial charge is 0.0505 e. The first-order valence-corrected chi connectivity index (χ1v) is 10.6. The minimum Gasteiger partial charge on any atom is -0.354 e. The van der Waals surface area contributed by atoms with E-state index in [0.717, 1.165) is 53.7 Å². The second kappa shape index (κ2) is 5.69. The van der Waals surface area contributed by atoms with Crippen LogP contribution in [0.4, 0.5) is 0 Å². The first-order valence-electron chi connectivity index (χ1n) is 9.84. The molecule has 5 aromatic carbocycles. The van der Waals surface area contributed by atoms with E-state index in [0.29, 0.717) is 0 Å². The van der Waals surface area contributed by atoms with Crippen molar-refractivity contribution in [2.45, 2.75) is 0 Å². The summed E-state index contributed by atoms with van der Waals surface area (Å²) in [5.41, 5.74) is 4.31. The van der Waals surface area contributed by atoms with Gasteiger partial charge in [0.2, 0.25) is 0 Å². The molecule has 0 bridgehead atoms. The molecule has 142 valence electrons. The fraction of sp³-hybridized carbons (Fsp3) is 0. The van der Waals surface area contributed by atoms with E-state index in [1.165, 1.54) is 21.5 Å². The topological polar surface area (TPSA) is 31.6 Å². The number of aromatic amines is 2. The number of hydrogen-bond donors (Lipinski definition) is 2. The fourth-order valence-corrected chi connectivity index (χ4v) is 5.50. The van der Waals surface area contributed by atoms with Gasteiger partial charge in [-0.3, -0.25) is 0 Å². The van der Waals surface area contributed by atoms with Gasteiger partial charge in [-0.05, 0) is 35.0 Å². The molecule has 0 spiro atoms. The number of nitrogens with one attached hydrogen (secondary N) is 2. The van der Waals surface area contributed by atoms with Gasteiger partial charge in [-0.15, -0.1) is 0 Å². The summed E-state index contributed by atoms with van der Waals surface area (Å²) in [5.74, 6) is 0. The van der Waals surface area contributed by atoms with E-state index >= 15 is 0 Å². The zero-order chi connectivity index (χ0) is 20.0. The number of aromatic nitrogens is 2. The highest BCUT2D eigenvalue weighted by molar-refractivity contribution is 6.40. The molecule has 2 nitrogen and oxygen atoms in total. The van der Waals surface area contributed by atoms with E-state index in [9.17, 15) is 0 Å². The van der Waals surface area contributed by atoms with Crippen molar-refractivity contribution in [1.82, 2.24) is 9.97 Å². The molecule has 0 unspecified atom stereocenters. The van der Waals surface area contributed by atoms with Crippen LogP contribution in [0.5, 0.6) is 0 Å². The van der Waals surface area contributed by atoms with Crippen molar-refractivity contribution in [2.24, 2.45) is 0 Å². The van der Waals surface area contributed by atoms with Gasteiger partial charge in [-0.2, -0.15) is 0 Å². The predicted molar refractivity (Wildman–Crippen MR) is 130 cm³/mol. The lowest BCUT2D eigenvalue weighted by Gasteiger charge is -2.03. The summed E-state index contributed by atoms with van der Waals surface area (Å²) < 4.78 is 0. The van der Waals surface area contributed by atoms with E-state index in [4.69, 9.17) is 23.2 Å². The van der Waals surface area contributed by atoms with E-state index in [2.05, 4.69) is 58.5 Å². The largest absolute Gasteiger partial charge is 0.354 e. The van der Waals surface area contributed by atoms with Crippen LogP contribution in [0.25, 0.3) is 65.2 Å². The molecule has 2 N–H and O–H groups in total. The average Bonchev–Trinajstić information content (AvgIpc) is 3.29. The molecule has 0 atom stereocenters. The summed E-state index contributed by atoms with van der Waals surface area (Å²) in [6, 6.07) is 25.1. The normalized spacial score (nSPS) is 12.3. The molecule has 2 heterocycles. The highest BCUT2D eigenvalue weighted by Gasteiger charge is 2.15. The minimum absolute atomic E-state index is 0.765. The summed E-state index contributed by atoms with van der Waals surface area (Å²) in [4.78, 5) is 7.19. The van der Waals surface area contributed by atoms with Gasteiger partial charge in [-0.1, -0.05) is 71.7 Å². The van der Waals surface area contributed by atoms with E-state index in [1.807, 2.05) is 24.3 Å². The Morgan fingerprint density at radius 1 is 0.433 bits per heavy atom. The molecule has 0 saturated heterocycles. The van der Waals surface area contributed by atoms with E-state index in [-0.39, 0.29) is 0 Å². The van der Waals surface area contributed by atoms with Gasteiger partial charge in [0.1, 0.15) is 0 Å². The molecule has 7 aromatic rings. The predicted octanol–water partition coefficient (Wildman–Crippen LogP) is 8.57. The highest BCUT2D eigenvalue weighted by atomic mass is 35.5. The Morgan fingerprint density at radius 2 is 0.833 bits per heavy atom. The lowest BCUT2D eigenvalue weighted by atomic mass is 10.0. The Kier molecular flexibility index (Phi) is 3.15. The van der Waals surface area contributed by atoms with Crippen molar-refractivity contribution < 1.29 is 0 Å². The average molecular weight is 425 g/mol. The third kappa shape index (κ3) is 2.05. The van der Waals surface area contributed by atoms with Crippen LogP contribution in [0, 0.1) is 0 Å². The summed E-state index contributed by atoms with van der Waals surface area (Å²) in [7, 11) is 0. The molecular formula is C26H14Cl2N2. The fourth-order valence-electron chi connectivity index (χ4n) is 4.95. The summed E-state index contributed by atoms with van der Waals surface area (Å²) in [6.45, 7) is 0. The number of benzene rings is 5. The number of halogens is 2. The Morgan fingerprint density at radius 3 is 1.27 bits per heavy atom. The second-order valence-corrected chi connectivity index (χ2v) is 8.66. The van der Waals surface area contributed by atoms with Crippen molar-refractivity contribution in [2.75, 3.05) is 0 Å². The van der Waals surface area contributed by atoms with Crippen LogP contribution in [-0.2, 0) is 0 Å². The molecule has 4 heteroatoms. The van der Waals surface area contributed by atoms with Crippen LogP contribution < -0.4 is 0 Å². The van der Waals surface area contributed by atoms with Crippen LogP contribution >= 0.6 is 23.2 Å². The van der Waals surface area contributed by atoms with Crippen LogP contribution in [0.15, 0.2) is 72.8 Å². The third-order valence-corrected chi connectivity index (χ3v) is 6.85. The zero-order valence-electron chi connectivity index (χ0n) is 15.7. The molecule has 0 amide bonds. The molecule has 7 rings (SSSR count). The number of H-pyrrole nitrogens is 2. The Hall–Kier alpha value is -3.20. The summed E-state index contributed by atoms with van der Waals surface area (Å²) >= 11 is 13.1. The second-order valence-electron chi connectivity index (χ2n) is 7.85. The molecule has 2 aromatic heterocycles. The maximum atomic E-state index is 6.57. The first kappa shape index (κ1) is 16.6. The molecular weight excluding hydrogens is 411 g/mol. The lowest BCUT2D eigenvalue weighted by Crippen LogP contribution is -1.77. The summed E-state index contributed by atoms with van der Waals surface area (Å²) in [5, 5.41) is 10.8. The maximum Gasteiger partial charge on any atom is 0.0505 e. The third-order valence-electron chi connectivity index (χ3n) is 6.22. The van der Waals surface area contributed by atoms with Gasteiger partial charge in [-0.25, -0.2) is 0 Å². The van der Waals surface area contributed by atoms with Crippen molar-refractivity contribution in [3.05, 3.63) is 82.8 Å². The Balaban J connectivity index is 1.71. The first-order chi connectivity index (χ1) is 14.7. The van der Waals surface area contributed by atoms with Gasteiger partial charge in [0.25, 0.3) is 0 Å². The number of fused-ring (bicyclic) bond motifs is 10. The van der Waals surface area contributed by atoms with Gasteiger partial charge >= 0.3 is 0 Å². The van der Waals surface area contributed by atoms with Crippen LogP contribution in [0.1, 0.15) is 0 Å². The standard InChI is InChI=1S/C26H14Cl2N2/c27-19-11-23-25(15-7-3-1-5-13(15)19)17-9-22-18(10-21(17)29-23)26-16-8-4-2-6-14(16)20(28)12-24(26)30-22/h1-12,29-30H. The SMILES string of the molecule is Clc1cc2[nH]c3cc4c(cc3c2c2ccccc12)[nH]c1cc(Cl)c2ccccc2c14. The highest BCUT2D eigenvalue weighted by Crippen LogP contribution is 2.41. The van der Waals surface area contributed by atoms with Crippen LogP contribution in [-0.4, -0.2) is 9.97 Å². The maximum absolute atomic E-state index is 6.57. The number of rotatable bonds is 0.